The molecule has 110 valence electrons. The molecule has 2 fully saturated rings. The first kappa shape index (κ1) is 14.3. The van der Waals surface area contributed by atoms with Crippen molar-refractivity contribution < 1.29 is 4.39 Å². The summed E-state index contributed by atoms with van der Waals surface area (Å²) < 4.78 is 14.2. The van der Waals surface area contributed by atoms with Crippen molar-refractivity contribution in [2.45, 2.75) is 38.8 Å². The molecule has 1 heterocycles. The summed E-state index contributed by atoms with van der Waals surface area (Å²) in [6.07, 6.45) is 2.70. The van der Waals surface area contributed by atoms with E-state index in [1.807, 2.05) is 6.07 Å². The van der Waals surface area contributed by atoms with Crippen molar-refractivity contribution in [2.24, 2.45) is 11.8 Å². The minimum absolute atomic E-state index is 0.185. The van der Waals surface area contributed by atoms with E-state index in [9.17, 15) is 4.39 Å². The molecule has 2 unspecified atom stereocenters. The van der Waals surface area contributed by atoms with Crippen molar-refractivity contribution in [3.8, 4) is 0 Å². The number of piperazine rings is 1. The van der Waals surface area contributed by atoms with Gasteiger partial charge in [0, 0.05) is 29.6 Å². The van der Waals surface area contributed by atoms with Crippen LogP contribution in [0, 0.1) is 17.7 Å². The fraction of sp³-hybridized carbons (Fsp3) is 0.625. The van der Waals surface area contributed by atoms with Gasteiger partial charge in [0.05, 0.1) is 5.69 Å². The van der Waals surface area contributed by atoms with E-state index in [4.69, 9.17) is 0 Å². The van der Waals surface area contributed by atoms with Gasteiger partial charge in [-0.1, -0.05) is 13.8 Å². The fourth-order valence-electron chi connectivity index (χ4n) is 3.20. The predicted octanol–water partition coefficient (Wildman–Crippen LogP) is 3.80. The molecular formula is C16H22BrFN2. The highest BCUT2D eigenvalue weighted by molar-refractivity contribution is 9.10. The molecule has 1 aromatic rings. The Morgan fingerprint density at radius 1 is 1.35 bits per heavy atom. The molecule has 1 N–H and O–H groups in total. The summed E-state index contributed by atoms with van der Waals surface area (Å²) in [4.78, 5) is 2.47. The van der Waals surface area contributed by atoms with Gasteiger partial charge in [0.1, 0.15) is 5.82 Å². The zero-order chi connectivity index (χ0) is 14.3. The van der Waals surface area contributed by atoms with Crippen LogP contribution in [0.15, 0.2) is 22.7 Å². The zero-order valence-corrected chi connectivity index (χ0v) is 13.7. The lowest BCUT2D eigenvalue weighted by Crippen LogP contribution is -2.59. The van der Waals surface area contributed by atoms with Gasteiger partial charge in [-0.3, -0.25) is 0 Å². The van der Waals surface area contributed by atoms with Crippen LogP contribution in [-0.2, 0) is 0 Å². The van der Waals surface area contributed by atoms with E-state index in [-0.39, 0.29) is 5.82 Å². The molecule has 2 nitrogen and oxygen atoms in total. The van der Waals surface area contributed by atoms with Gasteiger partial charge in [0.15, 0.2) is 0 Å². The third-order valence-electron chi connectivity index (χ3n) is 4.56. The Kier molecular flexibility index (Phi) is 4.04. The molecule has 1 saturated heterocycles. The van der Waals surface area contributed by atoms with E-state index >= 15 is 0 Å². The first-order valence-corrected chi connectivity index (χ1v) is 8.30. The van der Waals surface area contributed by atoms with Crippen molar-refractivity contribution in [3.05, 3.63) is 28.5 Å². The molecule has 3 rings (SSSR count). The van der Waals surface area contributed by atoms with Gasteiger partial charge in [-0.25, -0.2) is 4.39 Å². The molecule has 0 spiro atoms. The van der Waals surface area contributed by atoms with Crippen LogP contribution in [0.4, 0.5) is 10.1 Å². The number of nitrogens with one attached hydrogen (secondary N) is 1. The van der Waals surface area contributed by atoms with Crippen LogP contribution in [-0.4, -0.2) is 25.2 Å². The van der Waals surface area contributed by atoms with E-state index in [1.165, 1.54) is 12.8 Å². The smallest absolute Gasteiger partial charge is 0.124 e. The van der Waals surface area contributed by atoms with Gasteiger partial charge in [0.25, 0.3) is 0 Å². The van der Waals surface area contributed by atoms with Gasteiger partial charge in [-0.05, 0) is 58.8 Å². The van der Waals surface area contributed by atoms with Crippen molar-refractivity contribution >= 4 is 21.6 Å². The summed E-state index contributed by atoms with van der Waals surface area (Å²) in [5.74, 6) is 1.22. The first-order valence-electron chi connectivity index (χ1n) is 7.51. The number of rotatable bonds is 3. The lowest BCUT2D eigenvalue weighted by Gasteiger charge is -2.44. The van der Waals surface area contributed by atoms with E-state index < -0.39 is 0 Å². The highest BCUT2D eigenvalue weighted by Crippen LogP contribution is 2.37. The first-order chi connectivity index (χ1) is 9.56. The highest BCUT2D eigenvalue weighted by atomic mass is 79.9. The van der Waals surface area contributed by atoms with Crippen LogP contribution >= 0.6 is 15.9 Å². The van der Waals surface area contributed by atoms with Crippen LogP contribution in [0.3, 0.4) is 0 Å². The molecule has 0 aromatic heterocycles. The average Bonchev–Trinajstić information content (AvgIpc) is 3.22. The monoisotopic (exact) mass is 340 g/mol. The second-order valence-electron chi connectivity index (χ2n) is 6.41. The fourth-order valence-corrected chi connectivity index (χ4v) is 3.77. The molecule has 1 aromatic carbocycles. The number of benzene rings is 1. The molecule has 0 amide bonds. The standard InChI is InChI=1S/C16H22BrFN2/c1-10(2)16-8-19-14(11-3-4-11)9-20(16)15-6-5-12(18)7-13(15)17/h5-7,10-11,14,16,19H,3-4,8-9H2,1-2H3. The Labute approximate surface area is 128 Å². The molecule has 1 saturated carbocycles. The maximum atomic E-state index is 13.3. The topological polar surface area (TPSA) is 15.3 Å². The Morgan fingerprint density at radius 3 is 2.70 bits per heavy atom. The molecule has 1 aliphatic carbocycles. The second-order valence-corrected chi connectivity index (χ2v) is 7.27. The summed E-state index contributed by atoms with van der Waals surface area (Å²) in [5.41, 5.74) is 1.12. The minimum atomic E-state index is -0.185. The number of halogens is 2. The lowest BCUT2D eigenvalue weighted by molar-refractivity contribution is 0.320. The Hall–Kier alpha value is -0.610. The van der Waals surface area contributed by atoms with Crippen LogP contribution in [0.25, 0.3) is 0 Å². The maximum absolute atomic E-state index is 13.3. The van der Waals surface area contributed by atoms with Gasteiger partial charge in [0.2, 0.25) is 0 Å². The quantitative estimate of drug-likeness (QED) is 0.900. The van der Waals surface area contributed by atoms with Crippen molar-refractivity contribution in [3.63, 3.8) is 0 Å². The third-order valence-corrected chi connectivity index (χ3v) is 5.20. The van der Waals surface area contributed by atoms with Crippen molar-refractivity contribution in [1.82, 2.24) is 5.32 Å². The average molecular weight is 341 g/mol. The van der Waals surface area contributed by atoms with Crippen LogP contribution < -0.4 is 10.2 Å². The molecule has 20 heavy (non-hydrogen) atoms. The molecular weight excluding hydrogens is 319 g/mol. The van der Waals surface area contributed by atoms with E-state index in [2.05, 4.69) is 40.0 Å². The van der Waals surface area contributed by atoms with Crippen LogP contribution in [0.1, 0.15) is 26.7 Å². The molecule has 4 heteroatoms. The zero-order valence-electron chi connectivity index (χ0n) is 12.1. The van der Waals surface area contributed by atoms with Gasteiger partial charge < -0.3 is 10.2 Å². The third kappa shape index (κ3) is 2.86. The lowest BCUT2D eigenvalue weighted by atomic mass is 9.96. The van der Waals surface area contributed by atoms with Gasteiger partial charge >= 0.3 is 0 Å². The normalized spacial score (nSPS) is 27.1. The van der Waals surface area contributed by atoms with Gasteiger partial charge in [-0.15, -0.1) is 0 Å². The number of nitrogens with zero attached hydrogens (tertiary/aromatic N) is 1. The maximum Gasteiger partial charge on any atom is 0.124 e. The Balaban J connectivity index is 1.87. The van der Waals surface area contributed by atoms with E-state index in [1.54, 1.807) is 12.1 Å². The Bertz CT molecular complexity index is 487. The Morgan fingerprint density at radius 2 is 2.10 bits per heavy atom. The van der Waals surface area contributed by atoms with Crippen molar-refractivity contribution in [1.29, 1.82) is 0 Å². The molecule has 2 atom stereocenters. The molecule has 1 aliphatic heterocycles. The second kappa shape index (κ2) is 5.64. The summed E-state index contributed by atoms with van der Waals surface area (Å²) in [5, 5.41) is 3.71. The van der Waals surface area contributed by atoms with E-state index in [0.717, 1.165) is 29.2 Å². The van der Waals surface area contributed by atoms with Crippen LogP contribution in [0.2, 0.25) is 0 Å². The highest BCUT2D eigenvalue weighted by Gasteiger charge is 2.38. The minimum Gasteiger partial charge on any atom is -0.365 e. The summed E-state index contributed by atoms with van der Waals surface area (Å²) in [6, 6.07) is 6.09. The summed E-state index contributed by atoms with van der Waals surface area (Å²) in [6.45, 7) is 6.56. The molecule has 0 radical (unpaired) electrons. The van der Waals surface area contributed by atoms with Gasteiger partial charge in [-0.2, -0.15) is 0 Å². The predicted molar refractivity (Wildman–Crippen MR) is 84.6 cm³/mol. The number of hydrogen-bond donors (Lipinski definition) is 1. The number of anilines is 1. The van der Waals surface area contributed by atoms with Crippen molar-refractivity contribution in [2.75, 3.05) is 18.0 Å². The summed E-state index contributed by atoms with van der Waals surface area (Å²) >= 11 is 3.53. The molecule has 0 bridgehead atoms. The van der Waals surface area contributed by atoms with Crippen LogP contribution in [0.5, 0.6) is 0 Å². The molecule has 2 aliphatic rings. The van der Waals surface area contributed by atoms with E-state index in [0.29, 0.717) is 18.0 Å². The summed E-state index contributed by atoms with van der Waals surface area (Å²) in [7, 11) is 0. The largest absolute Gasteiger partial charge is 0.365 e. The SMILES string of the molecule is CC(C)C1CNC(C2CC2)CN1c1ccc(F)cc1Br. The number of hydrogen-bond acceptors (Lipinski definition) is 2.